The van der Waals surface area contributed by atoms with Crippen LogP contribution in [0.15, 0.2) is 41.8 Å². The van der Waals surface area contributed by atoms with E-state index in [1.54, 1.807) is 7.11 Å². The molecule has 1 N–H and O–H groups in total. The number of thiophene rings is 1. The summed E-state index contributed by atoms with van der Waals surface area (Å²) in [5.41, 5.74) is 1.26. The molecular formula is C16H21NOS. The Morgan fingerprint density at radius 2 is 2.11 bits per heavy atom. The van der Waals surface area contributed by atoms with Gasteiger partial charge in [-0.3, -0.25) is 0 Å². The average Bonchev–Trinajstić information content (AvgIpc) is 2.98. The van der Waals surface area contributed by atoms with Crippen molar-refractivity contribution < 1.29 is 4.74 Å². The topological polar surface area (TPSA) is 21.3 Å². The zero-order valence-corrected chi connectivity index (χ0v) is 12.5. The molecule has 0 aliphatic carbocycles. The largest absolute Gasteiger partial charge is 0.497 e. The first-order valence-corrected chi connectivity index (χ1v) is 7.56. The molecule has 2 nitrogen and oxygen atoms in total. The van der Waals surface area contributed by atoms with Crippen LogP contribution in [0.4, 0.5) is 0 Å². The van der Waals surface area contributed by atoms with E-state index in [0.717, 1.165) is 12.2 Å². The van der Waals surface area contributed by atoms with Gasteiger partial charge in [-0.25, -0.2) is 0 Å². The first-order chi connectivity index (χ1) is 9.24. The molecule has 0 bridgehead atoms. The minimum atomic E-state index is 0.308. The Morgan fingerprint density at radius 3 is 2.74 bits per heavy atom. The van der Waals surface area contributed by atoms with E-state index in [0.29, 0.717) is 12.1 Å². The van der Waals surface area contributed by atoms with Gasteiger partial charge in [0.2, 0.25) is 0 Å². The van der Waals surface area contributed by atoms with Gasteiger partial charge in [-0.2, -0.15) is 0 Å². The molecule has 0 fully saturated rings. The van der Waals surface area contributed by atoms with E-state index >= 15 is 0 Å². The summed E-state index contributed by atoms with van der Waals surface area (Å²) in [7, 11) is 1.71. The summed E-state index contributed by atoms with van der Waals surface area (Å²) >= 11 is 1.81. The van der Waals surface area contributed by atoms with E-state index in [1.807, 2.05) is 23.5 Å². The van der Waals surface area contributed by atoms with Gasteiger partial charge in [0.15, 0.2) is 0 Å². The summed E-state index contributed by atoms with van der Waals surface area (Å²) in [4.78, 5) is 1.40. The molecule has 102 valence electrons. The third kappa shape index (κ3) is 3.58. The molecule has 1 aromatic carbocycles. The maximum Gasteiger partial charge on any atom is 0.119 e. The van der Waals surface area contributed by atoms with Crippen molar-refractivity contribution in [3.63, 3.8) is 0 Å². The molecule has 2 rings (SSSR count). The van der Waals surface area contributed by atoms with Gasteiger partial charge in [0.05, 0.1) is 7.11 Å². The number of rotatable bonds is 6. The Bertz CT molecular complexity index is 495. The summed E-state index contributed by atoms with van der Waals surface area (Å²) in [5.74, 6) is 0.912. The summed E-state index contributed by atoms with van der Waals surface area (Å²) in [6, 6.07) is 13.3. The lowest BCUT2D eigenvalue weighted by Gasteiger charge is -2.22. The van der Waals surface area contributed by atoms with Gasteiger partial charge in [-0.1, -0.05) is 25.1 Å². The van der Waals surface area contributed by atoms with Crippen LogP contribution in [-0.4, -0.2) is 7.11 Å². The zero-order chi connectivity index (χ0) is 13.7. The molecule has 0 saturated carbocycles. The maximum absolute atomic E-state index is 5.28. The fourth-order valence-corrected chi connectivity index (χ4v) is 3.07. The molecule has 1 aromatic heterocycles. The molecule has 1 heterocycles. The van der Waals surface area contributed by atoms with Crippen LogP contribution in [0.25, 0.3) is 0 Å². The summed E-state index contributed by atoms with van der Waals surface area (Å²) in [5, 5.41) is 5.83. The average molecular weight is 275 g/mol. The molecular weight excluding hydrogens is 254 g/mol. The predicted molar refractivity (Wildman–Crippen MR) is 81.9 cm³/mol. The van der Waals surface area contributed by atoms with Crippen molar-refractivity contribution in [3.8, 4) is 5.75 Å². The molecule has 0 radical (unpaired) electrons. The van der Waals surface area contributed by atoms with Gasteiger partial charge >= 0.3 is 0 Å². The molecule has 1 unspecified atom stereocenters. The Morgan fingerprint density at radius 1 is 1.26 bits per heavy atom. The number of methoxy groups -OCH3 is 1. The van der Waals surface area contributed by atoms with Crippen LogP contribution < -0.4 is 10.1 Å². The fourth-order valence-electron chi connectivity index (χ4n) is 2.20. The van der Waals surface area contributed by atoms with Crippen molar-refractivity contribution in [1.29, 1.82) is 0 Å². The van der Waals surface area contributed by atoms with Crippen LogP contribution in [0.2, 0.25) is 0 Å². The highest BCUT2D eigenvalue weighted by Gasteiger charge is 2.14. The molecule has 0 aliphatic rings. The Labute approximate surface area is 119 Å². The van der Waals surface area contributed by atoms with E-state index in [1.165, 1.54) is 10.4 Å². The molecule has 2 atom stereocenters. The molecule has 2 aromatic rings. The number of hydrogen-bond donors (Lipinski definition) is 1. The number of hydrogen-bond acceptors (Lipinski definition) is 3. The van der Waals surface area contributed by atoms with Crippen molar-refractivity contribution in [3.05, 3.63) is 52.2 Å². The van der Waals surface area contributed by atoms with Gasteiger partial charge in [-0.15, -0.1) is 11.3 Å². The van der Waals surface area contributed by atoms with E-state index in [2.05, 4.69) is 48.8 Å². The SMILES string of the molecule is CCC(N[C@H](C)c1cccc(OC)c1)c1cccs1. The molecule has 0 amide bonds. The fraction of sp³-hybridized carbons (Fsp3) is 0.375. The lowest BCUT2D eigenvalue weighted by Crippen LogP contribution is -2.23. The first kappa shape index (κ1) is 14.1. The quantitative estimate of drug-likeness (QED) is 0.834. The van der Waals surface area contributed by atoms with Gasteiger partial charge < -0.3 is 10.1 Å². The van der Waals surface area contributed by atoms with Crippen LogP contribution in [0.1, 0.15) is 42.8 Å². The number of ether oxygens (including phenoxy) is 1. The van der Waals surface area contributed by atoms with Crippen molar-refractivity contribution in [1.82, 2.24) is 5.32 Å². The lowest BCUT2D eigenvalue weighted by molar-refractivity contribution is 0.411. The molecule has 0 saturated heterocycles. The highest BCUT2D eigenvalue weighted by molar-refractivity contribution is 7.10. The zero-order valence-electron chi connectivity index (χ0n) is 11.7. The summed E-state index contributed by atoms with van der Waals surface area (Å²) in [6.45, 7) is 4.42. The van der Waals surface area contributed by atoms with Crippen LogP contribution in [0.5, 0.6) is 5.75 Å². The third-order valence-corrected chi connectivity index (χ3v) is 4.33. The van der Waals surface area contributed by atoms with Crippen LogP contribution in [0, 0.1) is 0 Å². The van der Waals surface area contributed by atoms with Crippen molar-refractivity contribution >= 4 is 11.3 Å². The van der Waals surface area contributed by atoms with Crippen molar-refractivity contribution in [2.24, 2.45) is 0 Å². The van der Waals surface area contributed by atoms with Gasteiger partial charge in [0, 0.05) is 17.0 Å². The normalized spacial score (nSPS) is 14.1. The van der Waals surface area contributed by atoms with Crippen LogP contribution in [0.3, 0.4) is 0 Å². The minimum absolute atomic E-state index is 0.308. The van der Waals surface area contributed by atoms with Gasteiger partial charge in [0.1, 0.15) is 5.75 Å². The molecule has 0 spiro atoms. The predicted octanol–water partition coefficient (Wildman–Crippen LogP) is 4.56. The standard InChI is InChI=1S/C16H21NOS/c1-4-15(16-9-6-10-19-16)17-12(2)13-7-5-8-14(11-13)18-3/h5-12,15,17H,4H2,1-3H3/t12-,15?/m1/s1. The van der Waals surface area contributed by atoms with Gasteiger partial charge in [-0.05, 0) is 42.5 Å². The highest BCUT2D eigenvalue weighted by atomic mass is 32.1. The molecule has 19 heavy (non-hydrogen) atoms. The van der Waals surface area contributed by atoms with E-state index in [9.17, 15) is 0 Å². The second-order valence-electron chi connectivity index (χ2n) is 4.64. The van der Waals surface area contributed by atoms with Crippen molar-refractivity contribution in [2.75, 3.05) is 7.11 Å². The summed E-state index contributed by atoms with van der Waals surface area (Å²) in [6.07, 6.45) is 1.09. The first-order valence-electron chi connectivity index (χ1n) is 6.68. The second kappa shape index (κ2) is 6.73. The monoisotopic (exact) mass is 275 g/mol. The maximum atomic E-state index is 5.28. The minimum Gasteiger partial charge on any atom is -0.497 e. The van der Waals surface area contributed by atoms with Crippen molar-refractivity contribution in [2.45, 2.75) is 32.4 Å². The second-order valence-corrected chi connectivity index (χ2v) is 5.62. The summed E-state index contributed by atoms with van der Waals surface area (Å²) < 4.78 is 5.28. The third-order valence-electron chi connectivity index (χ3n) is 3.34. The Hall–Kier alpha value is -1.32. The highest BCUT2D eigenvalue weighted by Crippen LogP contribution is 2.26. The van der Waals surface area contributed by atoms with Gasteiger partial charge in [0.25, 0.3) is 0 Å². The van der Waals surface area contributed by atoms with E-state index < -0.39 is 0 Å². The van der Waals surface area contributed by atoms with E-state index in [-0.39, 0.29) is 0 Å². The van der Waals surface area contributed by atoms with E-state index in [4.69, 9.17) is 4.74 Å². The molecule has 0 aliphatic heterocycles. The Kier molecular flexibility index (Phi) is 5.00. The smallest absolute Gasteiger partial charge is 0.119 e. The number of nitrogens with one attached hydrogen (secondary N) is 1. The van der Waals surface area contributed by atoms with Crippen LogP contribution in [-0.2, 0) is 0 Å². The Balaban J connectivity index is 2.08. The molecule has 3 heteroatoms. The van der Waals surface area contributed by atoms with Crippen LogP contribution >= 0.6 is 11.3 Å². The lowest BCUT2D eigenvalue weighted by atomic mass is 10.1. The number of benzene rings is 1.